The van der Waals surface area contributed by atoms with E-state index in [4.69, 9.17) is 9.41 Å². The molecular weight excluding hydrogens is 439 g/mol. The minimum atomic E-state index is 0. The van der Waals surface area contributed by atoms with Gasteiger partial charge in [-0.05, 0) is 51.1 Å². The van der Waals surface area contributed by atoms with Crippen LogP contribution in [0.3, 0.4) is 0 Å². The molecule has 2 aromatic rings. The van der Waals surface area contributed by atoms with Gasteiger partial charge in [0.2, 0.25) is 0 Å². The molecular formula is C20H31IN4O. The van der Waals surface area contributed by atoms with Crippen molar-refractivity contribution in [2.75, 3.05) is 13.6 Å². The van der Waals surface area contributed by atoms with E-state index in [0.717, 1.165) is 31.4 Å². The lowest BCUT2D eigenvalue weighted by molar-refractivity contribution is 0.287. The lowest BCUT2D eigenvalue weighted by Gasteiger charge is -2.18. The van der Waals surface area contributed by atoms with Crippen molar-refractivity contribution in [1.29, 1.82) is 0 Å². The molecule has 0 saturated heterocycles. The summed E-state index contributed by atoms with van der Waals surface area (Å²) in [5.41, 5.74) is 2.54. The van der Waals surface area contributed by atoms with Crippen LogP contribution in [0, 0.1) is 0 Å². The van der Waals surface area contributed by atoms with Crippen LogP contribution in [0.4, 0.5) is 0 Å². The molecule has 26 heavy (non-hydrogen) atoms. The van der Waals surface area contributed by atoms with E-state index in [0.29, 0.717) is 12.6 Å². The van der Waals surface area contributed by atoms with E-state index in [2.05, 4.69) is 67.6 Å². The summed E-state index contributed by atoms with van der Waals surface area (Å²) in [4.78, 5) is 6.97. The Morgan fingerprint density at radius 2 is 1.85 bits per heavy atom. The van der Waals surface area contributed by atoms with E-state index in [1.54, 1.807) is 6.26 Å². The van der Waals surface area contributed by atoms with Crippen molar-refractivity contribution in [3.63, 3.8) is 0 Å². The summed E-state index contributed by atoms with van der Waals surface area (Å²) in [5.74, 6) is 1.84. The van der Waals surface area contributed by atoms with Crippen LogP contribution in [-0.4, -0.2) is 30.5 Å². The molecule has 0 atom stereocenters. The number of nitrogens with one attached hydrogen (secondary N) is 2. The van der Waals surface area contributed by atoms with E-state index in [-0.39, 0.29) is 24.0 Å². The van der Waals surface area contributed by atoms with Gasteiger partial charge in [-0.3, -0.25) is 4.90 Å². The Labute approximate surface area is 174 Å². The number of rotatable bonds is 8. The number of benzene rings is 1. The molecule has 0 aliphatic carbocycles. The molecule has 5 nitrogen and oxygen atoms in total. The third kappa shape index (κ3) is 7.78. The van der Waals surface area contributed by atoms with Gasteiger partial charge < -0.3 is 15.1 Å². The van der Waals surface area contributed by atoms with E-state index in [9.17, 15) is 0 Å². The van der Waals surface area contributed by atoms with E-state index in [1.807, 2.05) is 12.1 Å². The molecule has 144 valence electrons. The largest absolute Gasteiger partial charge is 0.468 e. The van der Waals surface area contributed by atoms with Gasteiger partial charge in [0.1, 0.15) is 5.76 Å². The van der Waals surface area contributed by atoms with Crippen LogP contribution in [-0.2, 0) is 19.6 Å². The Hall–Kier alpha value is -1.54. The lowest BCUT2D eigenvalue weighted by atomic mass is 10.1. The highest BCUT2D eigenvalue weighted by Gasteiger charge is 2.08. The van der Waals surface area contributed by atoms with Gasteiger partial charge in [-0.2, -0.15) is 0 Å². The van der Waals surface area contributed by atoms with Gasteiger partial charge in [0.25, 0.3) is 0 Å². The van der Waals surface area contributed by atoms with Crippen LogP contribution in [0.2, 0.25) is 0 Å². The van der Waals surface area contributed by atoms with Crippen molar-refractivity contribution < 1.29 is 4.42 Å². The van der Waals surface area contributed by atoms with E-state index < -0.39 is 0 Å². The smallest absolute Gasteiger partial charge is 0.191 e. The molecule has 0 aliphatic heterocycles. The maximum atomic E-state index is 5.43. The van der Waals surface area contributed by atoms with Gasteiger partial charge in [0.15, 0.2) is 5.96 Å². The summed E-state index contributed by atoms with van der Waals surface area (Å²) in [6, 6.07) is 12.8. The van der Waals surface area contributed by atoms with Crippen LogP contribution in [0.1, 0.15) is 37.7 Å². The van der Waals surface area contributed by atoms with Crippen LogP contribution < -0.4 is 10.6 Å². The quantitative estimate of drug-likeness (QED) is 0.348. The second kappa shape index (κ2) is 12.0. The summed E-state index contributed by atoms with van der Waals surface area (Å²) in [5, 5.41) is 6.65. The van der Waals surface area contributed by atoms with Gasteiger partial charge >= 0.3 is 0 Å². The molecule has 2 N–H and O–H groups in total. The molecule has 0 unspecified atom stereocenters. The highest BCUT2D eigenvalue weighted by atomic mass is 127. The fourth-order valence-corrected chi connectivity index (χ4v) is 2.64. The Bertz CT molecular complexity index is 656. The topological polar surface area (TPSA) is 52.8 Å². The first-order chi connectivity index (χ1) is 12.1. The van der Waals surface area contributed by atoms with Crippen molar-refractivity contribution in [3.8, 4) is 0 Å². The summed E-state index contributed by atoms with van der Waals surface area (Å²) < 4.78 is 5.43. The Kier molecular flexibility index (Phi) is 10.3. The first-order valence-corrected chi connectivity index (χ1v) is 8.91. The normalized spacial score (nSPS) is 11.5. The van der Waals surface area contributed by atoms with Crippen LogP contribution in [0.15, 0.2) is 52.1 Å². The minimum Gasteiger partial charge on any atom is -0.468 e. The highest BCUT2D eigenvalue weighted by Crippen LogP contribution is 2.14. The van der Waals surface area contributed by atoms with Gasteiger partial charge in [-0.25, -0.2) is 4.99 Å². The number of nitrogens with zero attached hydrogens (tertiary/aromatic N) is 2. The number of aliphatic imine (C=N–C) groups is 1. The van der Waals surface area contributed by atoms with Crippen molar-refractivity contribution in [1.82, 2.24) is 15.5 Å². The first kappa shape index (κ1) is 22.5. The van der Waals surface area contributed by atoms with Gasteiger partial charge in [-0.15, -0.1) is 24.0 Å². The number of guanidine groups is 1. The maximum Gasteiger partial charge on any atom is 0.191 e. The molecule has 6 heteroatoms. The summed E-state index contributed by atoms with van der Waals surface area (Å²) >= 11 is 0. The number of hydrogen-bond donors (Lipinski definition) is 2. The van der Waals surface area contributed by atoms with Gasteiger partial charge in [0, 0.05) is 19.1 Å². The zero-order chi connectivity index (χ0) is 18.1. The molecule has 2 rings (SSSR count). The van der Waals surface area contributed by atoms with Crippen LogP contribution in [0.25, 0.3) is 0 Å². The Morgan fingerprint density at radius 1 is 1.12 bits per heavy atom. The molecule has 1 aromatic carbocycles. The monoisotopic (exact) mass is 470 g/mol. The fourth-order valence-electron chi connectivity index (χ4n) is 2.64. The first-order valence-electron chi connectivity index (χ1n) is 8.91. The van der Waals surface area contributed by atoms with Crippen molar-refractivity contribution in [2.24, 2.45) is 4.99 Å². The zero-order valence-electron chi connectivity index (χ0n) is 16.2. The average Bonchev–Trinajstić information content (AvgIpc) is 3.06. The predicted octanol–water partition coefficient (Wildman–Crippen LogP) is 3.99. The Morgan fingerprint density at radius 3 is 2.46 bits per heavy atom. The van der Waals surface area contributed by atoms with Crippen LogP contribution in [0.5, 0.6) is 0 Å². The van der Waals surface area contributed by atoms with Crippen molar-refractivity contribution >= 4 is 29.9 Å². The number of furan rings is 1. The number of halogens is 1. The minimum absolute atomic E-state index is 0. The third-order valence-corrected chi connectivity index (χ3v) is 3.74. The average molecular weight is 470 g/mol. The van der Waals surface area contributed by atoms with Gasteiger partial charge in [-0.1, -0.05) is 24.3 Å². The Balaban J connectivity index is 0.00000338. The second-order valence-corrected chi connectivity index (χ2v) is 6.51. The fraction of sp³-hybridized carbons (Fsp3) is 0.450. The second-order valence-electron chi connectivity index (χ2n) is 6.51. The predicted molar refractivity (Wildman–Crippen MR) is 119 cm³/mol. The zero-order valence-corrected chi connectivity index (χ0v) is 18.5. The molecule has 0 saturated carbocycles. The molecule has 1 aromatic heterocycles. The molecule has 0 spiro atoms. The molecule has 0 fully saturated rings. The van der Waals surface area contributed by atoms with Crippen LogP contribution >= 0.6 is 24.0 Å². The summed E-state index contributed by atoms with van der Waals surface area (Å²) in [6.07, 6.45) is 1.72. The van der Waals surface area contributed by atoms with E-state index in [1.165, 1.54) is 11.1 Å². The lowest BCUT2D eigenvalue weighted by Crippen LogP contribution is -2.41. The molecule has 1 heterocycles. The molecule has 0 aliphatic rings. The molecule has 0 radical (unpaired) electrons. The van der Waals surface area contributed by atoms with E-state index >= 15 is 0 Å². The maximum absolute atomic E-state index is 5.43. The standard InChI is InChI=1S/C20H30N4O.HI/c1-5-21-20(23-16(2)3)22-13-17-9-6-7-10-18(17)14-24(4)15-19-11-8-12-25-19;/h6-12,16H,5,13-15H2,1-4H3,(H2,21,22,23);1H. The number of hydrogen-bond acceptors (Lipinski definition) is 3. The SMILES string of the molecule is CCNC(=NCc1ccccc1CN(C)Cc1ccco1)NC(C)C.I. The van der Waals surface area contributed by atoms with Gasteiger partial charge in [0.05, 0.1) is 19.4 Å². The van der Waals surface area contributed by atoms with Crippen molar-refractivity contribution in [2.45, 2.75) is 46.4 Å². The molecule has 0 bridgehead atoms. The molecule has 0 amide bonds. The van der Waals surface area contributed by atoms with Crippen molar-refractivity contribution in [3.05, 3.63) is 59.5 Å². The highest BCUT2D eigenvalue weighted by molar-refractivity contribution is 14.0. The summed E-state index contributed by atoms with van der Waals surface area (Å²) in [7, 11) is 2.10. The third-order valence-electron chi connectivity index (χ3n) is 3.74. The summed E-state index contributed by atoms with van der Waals surface area (Å²) in [6.45, 7) is 9.48.